The van der Waals surface area contributed by atoms with Crippen LogP contribution in [0.3, 0.4) is 0 Å². The fourth-order valence-corrected chi connectivity index (χ4v) is 4.39. The summed E-state index contributed by atoms with van der Waals surface area (Å²) in [5, 5.41) is 15.9. The largest absolute Gasteiger partial charge is 0.394 e. The molecular weight excluding hydrogens is 312 g/mol. The number of carbonyl (C=O) groups is 2. The van der Waals surface area contributed by atoms with Gasteiger partial charge in [-0.05, 0) is 43.6 Å². The second kappa shape index (κ2) is 7.93. The molecule has 0 bridgehead atoms. The van der Waals surface area contributed by atoms with Gasteiger partial charge >= 0.3 is 0 Å². The third-order valence-corrected chi connectivity index (χ3v) is 5.21. The molecule has 0 fully saturated rings. The first-order valence-electron chi connectivity index (χ1n) is 8.26. The van der Waals surface area contributed by atoms with Crippen molar-refractivity contribution in [2.75, 3.05) is 11.9 Å². The van der Waals surface area contributed by atoms with E-state index in [2.05, 4.69) is 24.5 Å². The Hall–Kier alpha value is -1.40. The number of nitrogens with one attached hydrogen (secondary N) is 2. The first-order valence-corrected chi connectivity index (χ1v) is 9.07. The number of hydrogen-bond donors (Lipinski definition) is 3. The highest BCUT2D eigenvalue weighted by atomic mass is 32.1. The Bertz CT molecular complexity index is 581. The smallest absolute Gasteiger partial charge is 0.254 e. The Balaban J connectivity index is 2.26. The zero-order chi connectivity index (χ0) is 17.0. The molecule has 0 unspecified atom stereocenters. The summed E-state index contributed by atoms with van der Waals surface area (Å²) in [6.45, 7) is 5.50. The number of aliphatic hydroxyl groups is 1. The zero-order valence-corrected chi connectivity index (χ0v) is 14.9. The lowest BCUT2D eigenvalue weighted by atomic mass is 9.95. The summed E-state index contributed by atoms with van der Waals surface area (Å²) in [5.41, 5.74) is 1.67. The van der Waals surface area contributed by atoms with Crippen LogP contribution in [0.5, 0.6) is 0 Å². The maximum Gasteiger partial charge on any atom is 0.254 e. The molecule has 0 saturated carbocycles. The molecule has 3 N–H and O–H groups in total. The maximum atomic E-state index is 12.8. The van der Waals surface area contributed by atoms with Crippen molar-refractivity contribution in [3.8, 4) is 0 Å². The highest BCUT2D eigenvalue weighted by Crippen LogP contribution is 2.38. The van der Waals surface area contributed by atoms with Crippen molar-refractivity contribution in [1.29, 1.82) is 0 Å². The van der Waals surface area contributed by atoms with Gasteiger partial charge in [0.2, 0.25) is 5.91 Å². The van der Waals surface area contributed by atoms with E-state index >= 15 is 0 Å². The summed E-state index contributed by atoms with van der Waals surface area (Å²) in [7, 11) is 0. The van der Waals surface area contributed by atoms with Gasteiger partial charge in [-0.3, -0.25) is 9.59 Å². The lowest BCUT2D eigenvalue weighted by Crippen LogP contribution is -2.39. The van der Waals surface area contributed by atoms with Crippen LogP contribution in [0.4, 0.5) is 5.00 Å². The van der Waals surface area contributed by atoms with Gasteiger partial charge in [-0.2, -0.15) is 0 Å². The maximum absolute atomic E-state index is 12.8. The summed E-state index contributed by atoms with van der Waals surface area (Å²) in [6.07, 6.45) is 4.76. The quantitative estimate of drug-likeness (QED) is 0.746. The SMILES string of the molecule is CC(=O)Nc1sc2c(c1C(=O)N[C@@H](CO)CC(C)C)CCCC2. The fourth-order valence-electron chi connectivity index (χ4n) is 3.06. The summed E-state index contributed by atoms with van der Waals surface area (Å²) in [6, 6.07) is -0.258. The number of fused-ring (bicyclic) bond motifs is 1. The van der Waals surface area contributed by atoms with Gasteiger partial charge in [-0.15, -0.1) is 11.3 Å². The lowest BCUT2D eigenvalue weighted by Gasteiger charge is -2.19. The van der Waals surface area contributed by atoms with Gasteiger partial charge < -0.3 is 15.7 Å². The number of aryl methyl sites for hydroxylation is 1. The summed E-state index contributed by atoms with van der Waals surface area (Å²) >= 11 is 1.51. The monoisotopic (exact) mass is 338 g/mol. The molecule has 2 amide bonds. The average Bonchev–Trinajstić information content (AvgIpc) is 2.82. The van der Waals surface area contributed by atoms with Gasteiger partial charge in [0, 0.05) is 11.8 Å². The number of carbonyl (C=O) groups excluding carboxylic acids is 2. The minimum absolute atomic E-state index is 0.0777. The van der Waals surface area contributed by atoms with Gasteiger partial charge in [-0.1, -0.05) is 13.8 Å². The lowest BCUT2D eigenvalue weighted by molar-refractivity contribution is -0.114. The zero-order valence-electron chi connectivity index (χ0n) is 14.1. The Morgan fingerprint density at radius 3 is 2.57 bits per heavy atom. The fraction of sp³-hybridized carbons (Fsp3) is 0.647. The molecule has 1 aromatic heterocycles. The topological polar surface area (TPSA) is 78.4 Å². The summed E-state index contributed by atoms with van der Waals surface area (Å²) < 4.78 is 0. The van der Waals surface area contributed by atoms with Crippen LogP contribution >= 0.6 is 11.3 Å². The Labute approximate surface area is 141 Å². The van der Waals surface area contributed by atoms with Crippen molar-refractivity contribution in [3.63, 3.8) is 0 Å². The highest BCUT2D eigenvalue weighted by molar-refractivity contribution is 7.17. The summed E-state index contributed by atoms with van der Waals surface area (Å²) in [4.78, 5) is 25.4. The molecule has 5 nitrogen and oxygen atoms in total. The normalized spacial score (nSPS) is 15.2. The standard InChI is InChI=1S/C17H26N2O3S/c1-10(2)8-12(9-20)19-16(22)15-13-6-4-5-7-14(13)23-17(15)18-11(3)21/h10,12,20H,4-9H2,1-3H3,(H,18,21)(H,19,22)/t12-/m1/s1. The Morgan fingerprint density at radius 2 is 1.96 bits per heavy atom. The van der Waals surface area contributed by atoms with E-state index in [0.29, 0.717) is 16.5 Å². The third-order valence-electron chi connectivity index (χ3n) is 4.00. The first kappa shape index (κ1) is 17.9. The van der Waals surface area contributed by atoms with Crippen LogP contribution in [0.15, 0.2) is 0 Å². The molecule has 1 aromatic rings. The van der Waals surface area contributed by atoms with E-state index in [9.17, 15) is 14.7 Å². The molecule has 1 aliphatic rings. The van der Waals surface area contributed by atoms with Crippen LogP contribution in [0.2, 0.25) is 0 Å². The van der Waals surface area contributed by atoms with Crippen molar-refractivity contribution in [3.05, 3.63) is 16.0 Å². The number of thiophene rings is 1. The van der Waals surface area contributed by atoms with Crippen LogP contribution in [-0.2, 0) is 17.6 Å². The van der Waals surface area contributed by atoms with E-state index < -0.39 is 0 Å². The van der Waals surface area contributed by atoms with Crippen molar-refractivity contribution in [1.82, 2.24) is 5.32 Å². The third kappa shape index (κ3) is 4.54. The molecule has 128 valence electrons. The second-order valence-corrected chi connectivity index (χ2v) is 7.68. The molecule has 0 saturated heterocycles. The molecular formula is C17H26N2O3S. The van der Waals surface area contributed by atoms with E-state index in [1.807, 2.05) is 0 Å². The van der Waals surface area contributed by atoms with Gasteiger partial charge in [0.15, 0.2) is 0 Å². The number of amides is 2. The van der Waals surface area contributed by atoms with Crippen LogP contribution in [0.25, 0.3) is 0 Å². The Morgan fingerprint density at radius 1 is 1.26 bits per heavy atom. The first-order chi connectivity index (χ1) is 10.9. The molecule has 0 aromatic carbocycles. The minimum atomic E-state index is -0.258. The molecule has 6 heteroatoms. The molecule has 1 heterocycles. The van der Waals surface area contributed by atoms with Crippen molar-refractivity contribution < 1.29 is 14.7 Å². The Kier molecular flexibility index (Phi) is 6.18. The number of anilines is 1. The number of aliphatic hydroxyl groups excluding tert-OH is 1. The summed E-state index contributed by atoms with van der Waals surface area (Å²) in [5.74, 6) is 0.0324. The van der Waals surface area contributed by atoms with Gasteiger partial charge in [0.1, 0.15) is 5.00 Å². The predicted molar refractivity (Wildman–Crippen MR) is 93.1 cm³/mol. The van der Waals surface area contributed by atoms with Crippen LogP contribution in [0, 0.1) is 5.92 Å². The van der Waals surface area contributed by atoms with Crippen LogP contribution in [0.1, 0.15) is 60.8 Å². The van der Waals surface area contributed by atoms with E-state index in [4.69, 9.17) is 0 Å². The van der Waals surface area contributed by atoms with Crippen LogP contribution in [-0.4, -0.2) is 29.6 Å². The van der Waals surface area contributed by atoms with Crippen LogP contribution < -0.4 is 10.6 Å². The molecule has 1 aliphatic carbocycles. The predicted octanol–water partition coefficient (Wildman–Crippen LogP) is 2.72. The van der Waals surface area contributed by atoms with Gasteiger partial charge in [0.05, 0.1) is 18.2 Å². The van der Waals surface area contributed by atoms with Gasteiger partial charge in [0.25, 0.3) is 5.91 Å². The molecule has 1 atom stereocenters. The molecule has 0 aliphatic heterocycles. The second-order valence-electron chi connectivity index (χ2n) is 6.58. The molecule has 0 spiro atoms. The van der Waals surface area contributed by atoms with E-state index in [-0.39, 0.29) is 24.5 Å². The molecule has 2 rings (SSSR count). The minimum Gasteiger partial charge on any atom is -0.394 e. The molecule has 0 radical (unpaired) electrons. The number of rotatable bonds is 6. The van der Waals surface area contributed by atoms with E-state index in [0.717, 1.165) is 37.7 Å². The molecule has 23 heavy (non-hydrogen) atoms. The highest BCUT2D eigenvalue weighted by Gasteiger charge is 2.27. The average molecular weight is 338 g/mol. The van der Waals surface area contributed by atoms with Crippen molar-refractivity contribution in [2.45, 2.75) is 58.9 Å². The van der Waals surface area contributed by atoms with Crippen molar-refractivity contribution >= 4 is 28.2 Å². The van der Waals surface area contributed by atoms with Crippen molar-refractivity contribution in [2.24, 2.45) is 5.92 Å². The number of hydrogen-bond acceptors (Lipinski definition) is 4. The van der Waals surface area contributed by atoms with E-state index in [1.54, 1.807) is 0 Å². The van der Waals surface area contributed by atoms with Gasteiger partial charge in [-0.25, -0.2) is 0 Å². The van der Waals surface area contributed by atoms with E-state index in [1.165, 1.54) is 23.1 Å².